The van der Waals surface area contributed by atoms with Crippen LogP contribution in [0, 0.1) is 11.8 Å². The molecule has 1 aliphatic heterocycles. The summed E-state index contributed by atoms with van der Waals surface area (Å²) in [6, 6.07) is 31.8. The number of para-hydroxylation sites is 1. The molecule has 0 bridgehead atoms. The molecule has 4 nitrogen and oxygen atoms in total. The highest BCUT2D eigenvalue weighted by Gasteiger charge is 2.51. The molecule has 0 unspecified atom stereocenters. The molecule has 3 fully saturated rings. The van der Waals surface area contributed by atoms with Crippen molar-refractivity contribution < 1.29 is 9.09 Å². The van der Waals surface area contributed by atoms with Crippen molar-refractivity contribution in [2.24, 2.45) is 11.8 Å². The minimum absolute atomic E-state index is 0.194. The molecule has 2 saturated carbocycles. The summed E-state index contributed by atoms with van der Waals surface area (Å²) in [7, 11) is -3.35. The Labute approximate surface area is 222 Å². The smallest absolute Gasteiger partial charge is 0.396 e. The van der Waals surface area contributed by atoms with E-state index in [1.54, 1.807) is 0 Å². The Morgan fingerprint density at radius 1 is 0.595 bits per heavy atom. The van der Waals surface area contributed by atoms with Crippen molar-refractivity contribution in [1.82, 2.24) is 9.34 Å². The third kappa shape index (κ3) is 6.20. The molecule has 0 spiro atoms. The summed E-state index contributed by atoms with van der Waals surface area (Å²) in [4.78, 5) is 0. The lowest BCUT2D eigenvalue weighted by Gasteiger charge is -2.42. The predicted octanol–water partition coefficient (Wildman–Crippen LogP) is 7.61. The van der Waals surface area contributed by atoms with Crippen molar-refractivity contribution in [3.63, 3.8) is 0 Å². The summed E-state index contributed by atoms with van der Waals surface area (Å²) in [6.45, 7) is 1.72. The van der Waals surface area contributed by atoms with Crippen molar-refractivity contribution >= 4 is 7.67 Å². The van der Waals surface area contributed by atoms with Crippen molar-refractivity contribution in [3.05, 3.63) is 102 Å². The SMILES string of the molecule is O=P1(Oc2ccccc2)N(CC2CC2)[C@@H](Cc2ccccc2)CC[C@H](Cc2ccccc2)N1CC1CC1. The maximum absolute atomic E-state index is 15.6. The normalized spacial score (nSPS) is 24.4. The molecule has 1 heterocycles. The number of rotatable bonds is 10. The Hall–Kier alpha value is -2.39. The first-order chi connectivity index (χ1) is 18.2. The molecule has 37 heavy (non-hydrogen) atoms. The number of hydrogen-bond donors (Lipinski definition) is 0. The molecule has 0 radical (unpaired) electrons. The van der Waals surface area contributed by atoms with Gasteiger partial charge in [0.2, 0.25) is 0 Å². The van der Waals surface area contributed by atoms with Crippen LogP contribution < -0.4 is 4.52 Å². The summed E-state index contributed by atoms with van der Waals surface area (Å²) in [6.07, 6.45) is 8.80. The molecule has 0 aromatic heterocycles. The average molecular weight is 515 g/mol. The molecule has 3 aliphatic rings. The third-order valence-corrected chi connectivity index (χ3v) is 10.9. The molecular formula is C32H39N2O2P. The van der Waals surface area contributed by atoms with Crippen LogP contribution >= 0.6 is 7.67 Å². The van der Waals surface area contributed by atoms with Crippen LogP contribution in [-0.2, 0) is 17.4 Å². The first-order valence-corrected chi connectivity index (χ1v) is 15.7. The van der Waals surface area contributed by atoms with Crippen molar-refractivity contribution in [1.29, 1.82) is 0 Å². The molecular weight excluding hydrogens is 475 g/mol. The summed E-state index contributed by atoms with van der Waals surface area (Å²) in [5, 5.41) is 0. The Morgan fingerprint density at radius 3 is 1.41 bits per heavy atom. The van der Waals surface area contributed by atoms with E-state index in [4.69, 9.17) is 4.52 Å². The molecule has 194 valence electrons. The van der Waals surface area contributed by atoms with E-state index in [9.17, 15) is 0 Å². The van der Waals surface area contributed by atoms with Crippen LogP contribution in [-0.4, -0.2) is 34.5 Å². The fraction of sp³-hybridized carbons (Fsp3) is 0.438. The van der Waals surface area contributed by atoms with E-state index in [-0.39, 0.29) is 12.1 Å². The molecule has 0 N–H and O–H groups in total. The van der Waals surface area contributed by atoms with Gasteiger partial charge in [-0.1, -0.05) is 78.9 Å². The lowest BCUT2D eigenvalue weighted by molar-refractivity contribution is 0.226. The van der Waals surface area contributed by atoms with Gasteiger partial charge in [-0.2, -0.15) is 0 Å². The van der Waals surface area contributed by atoms with E-state index in [1.807, 2.05) is 30.3 Å². The molecule has 5 heteroatoms. The zero-order valence-corrected chi connectivity index (χ0v) is 22.6. The average Bonchev–Trinajstić information content (AvgIpc) is 3.85. The van der Waals surface area contributed by atoms with E-state index < -0.39 is 7.67 Å². The number of hydrogen-bond acceptors (Lipinski definition) is 2. The minimum atomic E-state index is -3.35. The van der Waals surface area contributed by atoms with Gasteiger partial charge in [0, 0.05) is 25.2 Å². The highest BCUT2D eigenvalue weighted by molar-refractivity contribution is 7.54. The van der Waals surface area contributed by atoms with Crippen molar-refractivity contribution in [2.75, 3.05) is 13.1 Å². The van der Waals surface area contributed by atoms with Crippen molar-refractivity contribution in [3.8, 4) is 5.75 Å². The van der Waals surface area contributed by atoms with E-state index in [0.717, 1.165) is 38.8 Å². The second-order valence-corrected chi connectivity index (χ2v) is 13.5. The summed E-state index contributed by atoms with van der Waals surface area (Å²) in [5.74, 6) is 1.96. The highest BCUT2D eigenvalue weighted by Crippen LogP contribution is 2.61. The molecule has 2 aliphatic carbocycles. The van der Waals surface area contributed by atoms with Gasteiger partial charge in [-0.25, -0.2) is 13.9 Å². The standard InChI is InChI=1S/C32H39N2O2P/c35-37(36-32-14-8-3-9-15-32)33(24-28-16-17-28)30(22-26-10-4-1-5-11-26)20-21-31(34(37)25-29-18-19-29)23-27-12-6-2-7-13-27/h1-15,28-31H,16-25H2/t30-,31-/m1/s1. The summed E-state index contributed by atoms with van der Waals surface area (Å²) < 4.78 is 27.1. The quantitative estimate of drug-likeness (QED) is 0.261. The largest absolute Gasteiger partial charge is 0.422 e. The van der Waals surface area contributed by atoms with Crippen LogP contribution in [0.15, 0.2) is 91.0 Å². The first kappa shape index (κ1) is 24.9. The van der Waals surface area contributed by atoms with E-state index in [1.165, 1.54) is 36.8 Å². The van der Waals surface area contributed by atoms with Crippen LogP contribution in [0.3, 0.4) is 0 Å². The molecule has 2 atom stereocenters. The molecule has 1 saturated heterocycles. The van der Waals surface area contributed by atoms with Gasteiger partial charge in [0.05, 0.1) is 0 Å². The monoisotopic (exact) mass is 514 g/mol. The van der Waals surface area contributed by atoms with Crippen LogP contribution in [0.4, 0.5) is 0 Å². The third-order valence-electron chi connectivity index (χ3n) is 8.21. The van der Waals surface area contributed by atoms with Gasteiger partial charge >= 0.3 is 7.67 Å². The minimum Gasteiger partial charge on any atom is -0.422 e. The summed E-state index contributed by atoms with van der Waals surface area (Å²) >= 11 is 0. The topological polar surface area (TPSA) is 32.8 Å². The second-order valence-electron chi connectivity index (χ2n) is 11.3. The van der Waals surface area contributed by atoms with Crippen molar-refractivity contribution in [2.45, 2.75) is 63.5 Å². The Bertz CT molecular complexity index is 1110. The number of benzene rings is 3. The Balaban J connectivity index is 1.41. The molecule has 0 amide bonds. The predicted molar refractivity (Wildman–Crippen MR) is 151 cm³/mol. The van der Waals surface area contributed by atoms with E-state index >= 15 is 4.57 Å². The molecule has 3 aromatic rings. The maximum atomic E-state index is 15.6. The van der Waals surface area contributed by atoms with Gasteiger partial charge in [0.25, 0.3) is 0 Å². The van der Waals surface area contributed by atoms with Gasteiger partial charge in [-0.3, -0.25) is 0 Å². The van der Waals surface area contributed by atoms with E-state index in [0.29, 0.717) is 17.6 Å². The fourth-order valence-electron chi connectivity index (χ4n) is 5.79. The van der Waals surface area contributed by atoms with Gasteiger partial charge in [-0.15, -0.1) is 0 Å². The Morgan fingerprint density at radius 2 is 1.00 bits per heavy atom. The lowest BCUT2D eigenvalue weighted by atomic mass is 9.95. The Kier molecular flexibility index (Phi) is 7.51. The van der Waals surface area contributed by atoms with Crippen LogP contribution in [0.1, 0.15) is 49.7 Å². The van der Waals surface area contributed by atoms with Crippen LogP contribution in [0.25, 0.3) is 0 Å². The number of nitrogens with zero attached hydrogens (tertiary/aromatic N) is 2. The van der Waals surface area contributed by atoms with Gasteiger partial charge in [-0.05, 0) is 86.5 Å². The first-order valence-electron chi connectivity index (χ1n) is 14.1. The maximum Gasteiger partial charge on any atom is 0.396 e. The van der Waals surface area contributed by atoms with Gasteiger partial charge < -0.3 is 4.52 Å². The van der Waals surface area contributed by atoms with Crippen LogP contribution in [0.5, 0.6) is 5.75 Å². The van der Waals surface area contributed by atoms with Crippen LogP contribution in [0.2, 0.25) is 0 Å². The fourth-order valence-corrected chi connectivity index (χ4v) is 8.78. The summed E-state index contributed by atoms with van der Waals surface area (Å²) in [5.41, 5.74) is 2.63. The molecule has 3 aromatic carbocycles. The van der Waals surface area contributed by atoms with Gasteiger partial charge in [0.1, 0.15) is 5.75 Å². The molecule has 6 rings (SSSR count). The highest BCUT2D eigenvalue weighted by atomic mass is 31.2. The zero-order chi connectivity index (χ0) is 25.1. The second kappa shape index (κ2) is 11.2. The lowest BCUT2D eigenvalue weighted by Crippen LogP contribution is -2.43. The van der Waals surface area contributed by atoms with Gasteiger partial charge in [0.15, 0.2) is 0 Å². The van der Waals surface area contributed by atoms with E-state index in [2.05, 4.69) is 70.0 Å². The zero-order valence-electron chi connectivity index (χ0n) is 21.7.